The van der Waals surface area contributed by atoms with Gasteiger partial charge in [-0.05, 0) is 24.2 Å². The summed E-state index contributed by atoms with van der Waals surface area (Å²) in [7, 11) is 0. The summed E-state index contributed by atoms with van der Waals surface area (Å²) < 4.78 is 0. The van der Waals surface area contributed by atoms with Gasteiger partial charge in [-0.3, -0.25) is 0 Å². The lowest BCUT2D eigenvalue weighted by atomic mass is 9.85. The molecule has 0 saturated heterocycles. The molecule has 0 fully saturated rings. The molecule has 0 bridgehead atoms. The molecule has 0 aliphatic heterocycles. The van der Waals surface area contributed by atoms with Gasteiger partial charge in [-0.2, -0.15) is 0 Å². The highest BCUT2D eigenvalue weighted by molar-refractivity contribution is 4.64. The van der Waals surface area contributed by atoms with Crippen molar-refractivity contribution in [2.45, 2.75) is 60.3 Å². The van der Waals surface area contributed by atoms with Crippen molar-refractivity contribution in [1.82, 2.24) is 0 Å². The Bertz CT molecular complexity index is 96.2. The second-order valence-corrected chi connectivity index (χ2v) is 4.49. The smallest absolute Gasteiger partial charge is 0.0415 e. The van der Waals surface area contributed by atoms with E-state index in [1.54, 1.807) is 0 Å². The molecule has 0 saturated carbocycles. The molecule has 3 atom stereocenters. The van der Waals surface area contributed by atoms with E-state index in [0.717, 1.165) is 17.8 Å². The van der Waals surface area contributed by atoms with Gasteiger partial charge < -0.3 is 0 Å². The Morgan fingerprint density at radius 3 is 1.92 bits per heavy atom. The van der Waals surface area contributed by atoms with Crippen molar-refractivity contribution in [3.8, 4) is 0 Å². The minimum atomic E-state index is 0.907. The first-order valence-electron chi connectivity index (χ1n) is 5.61. The quantitative estimate of drug-likeness (QED) is 0.551. The van der Waals surface area contributed by atoms with Crippen molar-refractivity contribution < 1.29 is 0 Å². The van der Waals surface area contributed by atoms with E-state index in [1.807, 2.05) is 0 Å². The van der Waals surface area contributed by atoms with E-state index < -0.39 is 0 Å². The molecule has 0 aromatic rings. The first-order chi connectivity index (χ1) is 5.61. The van der Waals surface area contributed by atoms with Crippen LogP contribution in [-0.2, 0) is 0 Å². The molecule has 0 heteroatoms. The van der Waals surface area contributed by atoms with Crippen molar-refractivity contribution in [1.29, 1.82) is 0 Å². The zero-order valence-corrected chi connectivity index (χ0v) is 9.56. The van der Waals surface area contributed by atoms with Gasteiger partial charge in [0.2, 0.25) is 0 Å². The Morgan fingerprint density at radius 2 is 1.50 bits per heavy atom. The Hall–Kier alpha value is 0. The standard InChI is InChI=1S/C12H26/c1-6-8-10(3)9-12(5)11(4)7-2/h10-12H,6-9H2,1-5H3. The summed E-state index contributed by atoms with van der Waals surface area (Å²) in [5.41, 5.74) is 0. The predicted molar refractivity (Wildman–Crippen MR) is 57.3 cm³/mol. The lowest BCUT2D eigenvalue weighted by molar-refractivity contribution is 0.298. The largest absolute Gasteiger partial charge is 0.0654 e. The van der Waals surface area contributed by atoms with E-state index in [0.29, 0.717) is 0 Å². The summed E-state index contributed by atoms with van der Waals surface area (Å²) >= 11 is 0. The number of hydrogen-bond donors (Lipinski definition) is 0. The third-order valence-electron chi connectivity index (χ3n) is 3.17. The van der Waals surface area contributed by atoms with E-state index in [-0.39, 0.29) is 0 Å². The van der Waals surface area contributed by atoms with Crippen molar-refractivity contribution in [3.63, 3.8) is 0 Å². The topological polar surface area (TPSA) is 0 Å². The molecule has 3 unspecified atom stereocenters. The molecule has 0 heterocycles. The van der Waals surface area contributed by atoms with Crippen LogP contribution in [0.1, 0.15) is 60.3 Å². The summed E-state index contributed by atoms with van der Waals surface area (Å²) in [5.74, 6) is 2.75. The lowest BCUT2D eigenvalue weighted by Gasteiger charge is -2.21. The molecule has 0 spiro atoms. The van der Waals surface area contributed by atoms with Gasteiger partial charge in [0.15, 0.2) is 0 Å². The van der Waals surface area contributed by atoms with Gasteiger partial charge >= 0.3 is 0 Å². The zero-order valence-electron chi connectivity index (χ0n) is 9.56. The summed E-state index contributed by atoms with van der Waals surface area (Å²) in [6.45, 7) is 11.8. The molecule has 0 rings (SSSR count). The summed E-state index contributed by atoms with van der Waals surface area (Å²) in [6, 6.07) is 0. The minimum absolute atomic E-state index is 0.907. The first-order valence-corrected chi connectivity index (χ1v) is 5.61. The van der Waals surface area contributed by atoms with Crippen LogP contribution in [0, 0.1) is 17.8 Å². The van der Waals surface area contributed by atoms with Crippen LogP contribution >= 0.6 is 0 Å². The predicted octanol–water partition coefficient (Wildman–Crippen LogP) is 4.49. The van der Waals surface area contributed by atoms with Crippen molar-refractivity contribution in [2.24, 2.45) is 17.8 Å². The molecule has 0 aromatic carbocycles. The normalized spacial score (nSPS) is 18.8. The van der Waals surface area contributed by atoms with Gasteiger partial charge in [0, 0.05) is 0 Å². The maximum atomic E-state index is 2.40. The Balaban J connectivity index is 3.59. The van der Waals surface area contributed by atoms with Crippen molar-refractivity contribution in [3.05, 3.63) is 0 Å². The summed E-state index contributed by atoms with van der Waals surface area (Å²) in [6.07, 6.45) is 5.50. The van der Waals surface area contributed by atoms with Gasteiger partial charge in [0.05, 0.1) is 0 Å². The van der Waals surface area contributed by atoms with Gasteiger partial charge in [-0.25, -0.2) is 0 Å². The molecular formula is C12H26. The average Bonchev–Trinajstić information content (AvgIpc) is 2.03. The SMILES string of the molecule is CCCC(C)CC(C)C(C)CC. The van der Waals surface area contributed by atoms with Gasteiger partial charge in [0.25, 0.3) is 0 Å². The van der Waals surface area contributed by atoms with Crippen LogP contribution in [0.5, 0.6) is 0 Å². The fraction of sp³-hybridized carbons (Fsp3) is 1.00. The zero-order chi connectivity index (χ0) is 9.56. The molecule has 12 heavy (non-hydrogen) atoms. The van der Waals surface area contributed by atoms with E-state index in [4.69, 9.17) is 0 Å². The van der Waals surface area contributed by atoms with E-state index in [9.17, 15) is 0 Å². The monoisotopic (exact) mass is 170 g/mol. The van der Waals surface area contributed by atoms with Crippen molar-refractivity contribution in [2.75, 3.05) is 0 Å². The highest BCUT2D eigenvalue weighted by atomic mass is 14.2. The Labute approximate surface area is 78.8 Å². The van der Waals surface area contributed by atoms with Crippen LogP contribution in [0.3, 0.4) is 0 Å². The first kappa shape index (κ1) is 12.0. The summed E-state index contributed by atoms with van der Waals surface area (Å²) in [4.78, 5) is 0. The molecule has 0 nitrogen and oxygen atoms in total. The third-order valence-corrected chi connectivity index (χ3v) is 3.17. The molecule has 0 radical (unpaired) electrons. The second kappa shape index (κ2) is 6.51. The highest BCUT2D eigenvalue weighted by Gasteiger charge is 2.13. The third kappa shape index (κ3) is 4.79. The molecule has 0 aromatic heterocycles. The van der Waals surface area contributed by atoms with Crippen LogP contribution in [0.25, 0.3) is 0 Å². The van der Waals surface area contributed by atoms with Crippen molar-refractivity contribution >= 4 is 0 Å². The fourth-order valence-electron chi connectivity index (χ4n) is 1.88. The van der Waals surface area contributed by atoms with E-state index in [2.05, 4.69) is 34.6 Å². The molecule has 0 amide bonds. The Kier molecular flexibility index (Phi) is 6.51. The van der Waals surface area contributed by atoms with Crippen LogP contribution in [-0.4, -0.2) is 0 Å². The highest BCUT2D eigenvalue weighted by Crippen LogP contribution is 2.24. The van der Waals surface area contributed by atoms with Crippen LogP contribution in [0.4, 0.5) is 0 Å². The Morgan fingerprint density at radius 1 is 0.917 bits per heavy atom. The number of rotatable bonds is 6. The molecule has 0 N–H and O–H groups in total. The van der Waals surface area contributed by atoms with Gasteiger partial charge in [-0.1, -0.05) is 53.9 Å². The maximum Gasteiger partial charge on any atom is -0.0415 e. The van der Waals surface area contributed by atoms with E-state index in [1.165, 1.54) is 25.7 Å². The summed E-state index contributed by atoms with van der Waals surface area (Å²) in [5, 5.41) is 0. The molecule has 74 valence electrons. The fourth-order valence-corrected chi connectivity index (χ4v) is 1.88. The maximum absolute atomic E-state index is 2.40. The van der Waals surface area contributed by atoms with Crippen LogP contribution in [0.2, 0.25) is 0 Å². The molecule has 0 aliphatic carbocycles. The number of hydrogen-bond acceptors (Lipinski definition) is 0. The van der Waals surface area contributed by atoms with Gasteiger partial charge in [0.1, 0.15) is 0 Å². The lowest BCUT2D eigenvalue weighted by Crippen LogP contribution is -2.10. The van der Waals surface area contributed by atoms with Crippen LogP contribution in [0.15, 0.2) is 0 Å². The average molecular weight is 170 g/mol. The molecule has 0 aliphatic rings. The minimum Gasteiger partial charge on any atom is -0.0654 e. The second-order valence-electron chi connectivity index (χ2n) is 4.49. The molecular weight excluding hydrogens is 144 g/mol. The van der Waals surface area contributed by atoms with Gasteiger partial charge in [-0.15, -0.1) is 0 Å². The van der Waals surface area contributed by atoms with Crippen LogP contribution < -0.4 is 0 Å². The van der Waals surface area contributed by atoms with E-state index >= 15 is 0 Å².